The third-order valence-corrected chi connectivity index (χ3v) is 6.15. The molecule has 2 aromatic rings. The lowest BCUT2D eigenvalue weighted by atomic mass is 9.88. The Morgan fingerprint density at radius 1 is 1.28 bits per heavy atom. The molecule has 0 saturated carbocycles. The van der Waals surface area contributed by atoms with Crippen LogP contribution in [0.25, 0.3) is 0 Å². The summed E-state index contributed by atoms with van der Waals surface area (Å²) in [5.74, 6) is -0.266. The number of amides is 3. The van der Waals surface area contributed by atoms with Crippen LogP contribution in [0.1, 0.15) is 43.8 Å². The number of alkyl carbamates (subject to hydrolysis) is 1. The van der Waals surface area contributed by atoms with Crippen molar-refractivity contribution in [2.75, 3.05) is 12.4 Å². The fourth-order valence-corrected chi connectivity index (χ4v) is 4.88. The number of ether oxygens (including phenoxy) is 1. The highest BCUT2D eigenvalue weighted by Crippen LogP contribution is 2.40. The van der Waals surface area contributed by atoms with E-state index >= 15 is 0 Å². The number of hydrogen-bond donors (Lipinski definition) is 2. The van der Waals surface area contributed by atoms with E-state index in [9.17, 15) is 14.4 Å². The number of methoxy groups -OCH3 is 1. The standard InChI is InChI=1S/C17H18N2O4S2/c1-9-5-6-10-12(8-9)25-16(13(10)15(21)19-17(22)23-2)18-14(20)11-4-3-7-24-11/h3-4,7,9H,5-6,8H2,1-2H3,(H,18,20)(H,19,21,22)/t9-/m0/s1. The van der Waals surface area contributed by atoms with E-state index < -0.39 is 12.0 Å². The van der Waals surface area contributed by atoms with E-state index in [1.807, 2.05) is 5.38 Å². The van der Waals surface area contributed by atoms with Crippen LogP contribution in [0, 0.1) is 5.92 Å². The number of nitrogens with one attached hydrogen (secondary N) is 2. The number of imide groups is 1. The van der Waals surface area contributed by atoms with Gasteiger partial charge in [0.25, 0.3) is 11.8 Å². The predicted octanol–water partition coefficient (Wildman–Crippen LogP) is 3.68. The van der Waals surface area contributed by atoms with Gasteiger partial charge in [-0.25, -0.2) is 4.79 Å². The van der Waals surface area contributed by atoms with Gasteiger partial charge in [0.2, 0.25) is 0 Å². The van der Waals surface area contributed by atoms with Gasteiger partial charge in [-0.1, -0.05) is 13.0 Å². The van der Waals surface area contributed by atoms with Crippen molar-refractivity contribution < 1.29 is 19.1 Å². The highest BCUT2D eigenvalue weighted by atomic mass is 32.1. The van der Waals surface area contributed by atoms with Crippen LogP contribution in [0.4, 0.5) is 9.80 Å². The summed E-state index contributed by atoms with van der Waals surface area (Å²) < 4.78 is 4.51. The van der Waals surface area contributed by atoms with E-state index in [1.54, 1.807) is 12.1 Å². The van der Waals surface area contributed by atoms with Crippen molar-refractivity contribution in [2.24, 2.45) is 5.92 Å². The summed E-state index contributed by atoms with van der Waals surface area (Å²) in [7, 11) is 1.20. The van der Waals surface area contributed by atoms with Gasteiger partial charge in [-0.3, -0.25) is 14.9 Å². The smallest absolute Gasteiger partial charge is 0.413 e. The molecule has 6 nitrogen and oxygen atoms in total. The molecule has 3 rings (SSSR count). The third kappa shape index (κ3) is 3.74. The quantitative estimate of drug-likeness (QED) is 0.853. The number of hydrogen-bond acceptors (Lipinski definition) is 6. The van der Waals surface area contributed by atoms with Gasteiger partial charge < -0.3 is 10.1 Å². The minimum atomic E-state index is -0.815. The number of carbonyl (C=O) groups is 3. The molecular formula is C17H18N2O4S2. The Kier molecular flexibility index (Phi) is 5.19. The molecule has 3 amide bonds. The Labute approximate surface area is 153 Å². The summed E-state index contributed by atoms with van der Waals surface area (Å²) in [5, 5.41) is 7.34. The van der Waals surface area contributed by atoms with Crippen molar-refractivity contribution in [3.8, 4) is 0 Å². The van der Waals surface area contributed by atoms with Crippen molar-refractivity contribution in [2.45, 2.75) is 26.2 Å². The Bertz CT molecular complexity index is 811. The number of anilines is 1. The van der Waals surface area contributed by atoms with Crippen molar-refractivity contribution in [1.29, 1.82) is 0 Å². The highest BCUT2D eigenvalue weighted by Gasteiger charge is 2.29. The molecule has 25 heavy (non-hydrogen) atoms. The first-order chi connectivity index (χ1) is 12.0. The average Bonchev–Trinajstić information content (AvgIpc) is 3.21. The van der Waals surface area contributed by atoms with Gasteiger partial charge in [0.05, 0.1) is 17.6 Å². The molecule has 8 heteroatoms. The van der Waals surface area contributed by atoms with Gasteiger partial charge in [0, 0.05) is 4.88 Å². The molecule has 1 aliphatic carbocycles. The van der Waals surface area contributed by atoms with E-state index in [-0.39, 0.29) is 5.91 Å². The normalized spacial score (nSPS) is 16.0. The van der Waals surface area contributed by atoms with Gasteiger partial charge in [-0.2, -0.15) is 0 Å². The van der Waals surface area contributed by atoms with Crippen LogP contribution in [0.3, 0.4) is 0 Å². The van der Waals surface area contributed by atoms with Crippen LogP contribution in [0.5, 0.6) is 0 Å². The SMILES string of the molecule is COC(=O)NC(=O)c1c(NC(=O)c2cccs2)sc2c1CC[C@H](C)C2. The molecule has 0 bridgehead atoms. The number of rotatable bonds is 3. The fourth-order valence-electron chi connectivity index (χ4n) is 2.86. The van der Waals surface area contributed by atoms with Crippen LogP contribution in [-0.4, -0.2) is 25.0 Å². The maximum Gasteiger partial charge on any atom is 0.413 e. The van der Waals surface area contributed by atoms with Gasteiger partial charge in [-0.15, -0.1) is 22.7 Å². The summed E-state index contributed by atoms with van der Waals surface area (Å²) in [6.07, 6.45) is 1.78. The zero-order valence-electron chi connectivity index (χ0n) is 13.9. The zero-order valence-corrected chi connectivity index (χ0v) is 15.5. The monoisotopic (exact) mass is 378 g/mol. The Hall–Kier alpha value is -2.19. The minimum Gasteiger partial charge on any atom is -0.453 e. The van der Waals surface area contributed by atoms with Crippen LogP contribution >= 0.6 is 22.7 Å². The van der Waals surface area contributed by atoms with E-state index in [1.165, 1.54) is 29.8 Å². The van der Waals surface area contributed by atoms with Crippen molar-refractivity contribution in [3.63, 3.8) is 0 Å². The average molecular weight is 378 g/mol. The molecule has 2 aromatic heterocycles. The molecule has 0 fully saturated rings. The number of fused-ring (bicyclic) bond motifs is 1. The van der Waals surface area contributed by atoms with Crippen LogP contribution in [0.15, 0.2) is 17.5 Å². The first-order valence-electron chi connectivity index (χ1n) is 7.88. The Morgan fingerprint density at radius 2 is 2.08 bits per heavy atom. The second kappa shape index (κ2) is 7.37. The predicted molar refractivity (Wildman–Crippen MR) is 97.7 cm³/mol. The van der Waals surface area contributed by atoms with Crippen molar-refractivity contribution >= 4 is 45.6 Å². The van der Waals surface area contributed by atoms with Gasteiger partial charge in [-0.05, 0) is 42.2 Å². The van der Waals surface area contributed by atoms with Gasteiger partial charge in [0.1, 0.15) is 5.00 Å². The molecule has 0 saturated heterocycles. The molecule has 2 N–H and O–H groups in total. The molecule has 0 aliphatic heterocycles. The molecule has 0 radical (unpaired) electrons. The van der Waals surface area contributed by atoms with E-state index in [0.717, 1.165) is 29.7 Å². The lowest BCUT2D eigenvalue weighted by molar-refractivity contribution is 0.0937. The molecule has 0 aromatic carbocycles. The largest absolute Gasteiger partial charge is 0.453 e. The maximum absolute atomic E-state index is 12.6. The highest BCUT2D eigenvalue weighted by molar-refractivity contribution is 7.17. The van der Waals surface area contributed by atoms with Crippen molar-refractivity contribution in [3.05, 3.63) is 38.4 Å². The van der Waals surface area contributed by atoms with Gasteiger partial charge >= 0.3 is 6.09 Å². The van der Waals surface area contributed by atoms with Gasteiger partial charge in [0.15, 0.2) is 0 Å². The Morgan fingerprint density at radius 3 is 2.76 bits per heavy atom. The van der Waals surface area contributed by atoms with E-state index in [0.29, 0.717) is 21.4 Å². The molecule has 2 heterocycles. The topological polar surface area (TPSA) is 84.5 Å². The first kappa shape index (κ1) is 17.6. The molecular weight excluding hydrogens is 360 g/mol. The number of thiophene rings is 2. The van der Waals surface area contributed by atoms with Crippen LogP contribution in [0.2, 0.25) is 0 Å². The third-order valence-electron chi connectivity index (χ3n) is 4.11. The molecule has 1 atom stereocenters. The molecule has 0 unspecified atom stereocenters. The second-order valence-electron chi connectivity index (χ2n) is 5.93. The molecule has 132 valence electrons. The second-order valence-corrected chi connectivity index (χ2v) is 7.99. The molecule has 1 aliphatic rings. The van der Waals surface area contributed by atoms with Crippen LogP contribution in [-0.2, 0) is 17.6 Å². The summed E-state index contributed by atoms with van der Waals surface area (Å²) in [5.41, 5.74) is 1.30. The summed E-state index contributed by atoms with van der Waals surface area (Å²) in [6, 6.07) is 3.52. The maximum atomic E-state index is 12.6. The Balaban J connectivity index is 1.94. The van der Waals surface area contributed by atoms with E-state index in [2.05, 4.69) is 22.3 Å². The molecule has 0 spiro atoms. The lowest BCUT2D eigenvalue weighted by Gasteiger charge is -2.18. The minimum absolute atomic E-state index is 0.256. The summed E-state index contributed by atoms with van der Waals surface area (Å²) >= 11 is 2.75. The summed E-state index contributed by atoms with van der Waals surface area (Å²) in [4.78, 5) is 38.0. The zero-order chi connectivity index (χ0) is 18.0. The number of carbonyl (C=O) groups excluding carboxylic acids is 3. The fraction of sp³-hybridized carbons (Fsp3) is 0.353. The van der Waals surface area contributed by atoms with E-state index in [4.69, 9.17) is 0 Å². The lowest BCUT2D eigenvalue weighted by Crippen LogP contribution is -2.31. The first-order valence-corrected chi connectivity index (χ1v) is 9.58. The van der Waals surface area contributed by atoms with Crippen molar-refractivity contribution in [1.82, 2.24) is 5.32 Å². The summed E-state index contributed by atoms with van der Waals surface area (Å²) in [6.45, 7) is 2.17. The van der Waals surface area contributed by atoms with Crippen LogP contribution < -0.4 is 10.6 Å².